The lowest BCUT2D eigenvalue weighted by Crippen LogP contribution is -2.41. The zero-order chi connectivity index (χ0) is 25.5. The first-order valence-corrected chi connectivity index (χ1v) is 13.0. The van der Waals surface area contributed by atoms with Gasteiger partial charge in [-0.05, 0) is 92.1 Å². The van der Waals surface area contributed by atoms with E-state index in [1.54, 1.807) is 25.3 Å². The van der Waals surface area contributed by atoms with Crippen molar-refractivity contribution in [3.63, 3.8) is 0 Å². The fourth-order valence-electron chi connectivity index (χ4n) is 5.10. The zero-order valence-electron chi connectivity index (χ0n) is 20.3. The number of rotatable bonds is 8. The number of benzene rings is 2. The van der Waals surface area contributed by atoms with Crippen molar-refractivity contribution in [2.45, 2.75) is 32.1 Å². The van der Waals surface area contributed by atoms with Gasteiger partial charge in [-0.25, -0.2) is 0 Å². The molecule has 188 valence electrons. The van der Waals surface area contributed by atoms with E-state index in [1.165, 1.54) is 5.56 Å². The number of piperidine rings is 1. The van der Waals surface area contributed by atoms with Crippen molar-refractivity contribution in [3.8, 4) is 17.6 Å². The van der Waals surface area contributed by atoms with E-state index >= 15 is 0 Å². The summed E-state index contributed by atoms with van der Waals surface area (Å²) >= 11 is 12.1. The Bertz CT molecular complexity index is 1260. The number of carboxylic acids is 1. The number of ether oxygens (including phenoxy) is 1. The van der Waals surface area contributed by atoms with Crippen LogP contribution in [0.4, 0.5) is 0 Å². The fraction of sp³-hybridized carbons (Fsp3) is 0.379. The van der Waals surface area contributed by atoms with E-state index in [0.29, 0.717) is 22.5 Å². The fourth-order valence-corrected chi connectivity index (χ4v) is 5.62. The monoisotopic (exact) mass is 524 g/mol. The molecule has 1 saturated heterocycles. The Morgan fingerprint density at radius 3 is 2.72 bits per heavy atom. The lowest BCUT2D eigenvalue weighted by Gasteiger charge is -2.37. The van der Waals surface area contributed by atoms with Crippen molar-refractivity contribution in [1.29, 1.82) is 0 Å². The Kier molecular flexibility index (Phi) is 9.09. The van der Waals surface area contributed by atoms with Crippen LogP contribution in [0.15, 0.2) is 48.7 Å². The second kappa shape index (κ2) is 12.5. The molecule has 1 N–H and O–H groups in total. The lowest BCUT2D eigenvalue weighted by molar-refractivity contribution is -0.139. The number of hydrogen-bond acceptors (Lipinski definition) is 4. The summed E-state index contributed by atoms with van der Waals surface area (Å²) in [7, 11) is 1.67. The van der Waals surface area contributed by atoms with Crippen molar-refractivity contribution < 1.29 is 14.6 Å². The number of hydrogen-bond donors (Lipinski definition) is 1. The summed E-state index contributed by atoms with van der Waals surface area (Å²) in [6.07, 6.45) is 5.97. The molecule has 0 amide bonds. The molecule has 1 aliphatic rings. The van der Waals surface area contributed by atoms with Gasteiger partial charge in [0.15, 0.2) is 0 Å². The predicted octanol–water partition coefficient (Wildman–Crippen LogP) is 6.34. The molecule has 2 atom stereocenters. The third kappa shape index (κ3) is 7.13. The molecule has 0 unspecified atom stereocenters. The van der Waals surface area contributed by atoms with E-state index in [1.807, 2.05) is 24.4 Å². The topological polar surface area (TPSA) is 62.7 Å². The average Bonchev–Trinajstić information content (AvgIpc) is 2.84. The number of carbonyl (C=O) groups is 1. The molecule has 0 radical (unpaired) electrons. The first kappa shape index (κ1) is 26.3. The predicted molar refractivity (Wildman–Crippen MR) is 145 cm³/mol. The minimum Gasteiger partial charge on any atom is -0.497 e. The summed E-state index contributed by atoms with van der Waals surface area (Å²) in [5.41, 5.74) is 3.00. The Morgan fingerprint density at radius 1 is 1.17 bits per heavy atom. The zero-order valence-corrected chi connectivity index (χ0v) is 21.9. The average molecular weight is 525 g/mol. The highest BCUT2D eigenvalue weighted by Crippen LogP contribution is 2.31. The molecule has 7 heteroatoms. The quantitative estimate of drug-likeness (QED) is 0.348. The molecule has 0 bridgehead atoms. The number of aromatic nitrogens is 1. The molecule has 36 heavy (non-hydrogen) atoms. The number of carboxylic acid groups (broad SMARTS) is 1. The van der Waals surface area contributed by atoms with E-state index in [-0.39, 0.29) is 12.3 Å². The molecule has 1 fully saturated rings. The molecular weight excluding hydrogens is 495 g/mol. The lowest BCUT2D eigenvalue weighted by atomic mass is 9.80. The van der Waals surface area contributed by atoms with Gasteiger partial charge in [0.2, 0.25) is 0 Å². The highest BCUT2D eigenvalue weighted by atomic mass is 35.5. The van der Waals surface area contributed by atoms with Crippen LogP contribution in [-0.2, 0) is 11.2 Å². The summed E-state index contributed by atoms with van der Waals surface area (Å²) in [6, 6.07) is 13.3. The third-order valence-electron chi connectivity index (χ3n) is 6.87. The minimum absolute atomic E-state index is 0.118. The molecule has 2 aromatic carbocycles. The van der Waals surface area contributed by atoms with Crippen LogP contribution >= 0.6 is 23.2 Å². The standard InChI is InChI=1S/C29H30Cl2N2O3/c1-36-26-7-8-28-27(18-26)22(9-11-32-28)6-2-5-21-10-13-33(19-23(21)16-29(34)35)12-3-4-20-14-24(30)17-25(31)15-20/h7-9,11,14-15,17-18,21,23H,2,5-6,10,12-13,16,19H2,1H3,(H,34,35)/t21-,23+/m1/s1. The maximum absolute atomic E-state index is 11.6. The van der Waals surface area contributed by atoms with Gasteiger partial charge in [0.25, 0.3) is 0 Å². The Morgan fingerprint density at radius 2 is 1.97 bits per heavy atom. The molecule has 5 nitrogen and oxygen atoms in total. The van der Waals surface area contributed by atoms with Crippen LogP contribution in [0.3, 0.4) is 0 Å². The van der Waals surface area contributed by atoms with Gasteiger partial charge in [0.1, 0.15) is 5.75 Å². The molecule has 1 aliphatic heterocycles. The molecular formula is C29H30Cl2N2O3. The number of halogens is 2. The molecule has 0 spiro atoms. The van der Waals surface area contributed by atoms with Crippen molar-refractivity contribution in [2.75, 3.05) is 26.7 Å². The van der Waals surface area contributed by atoms with Crippen LogP contribution in [0, 0.1) is 23.7 Å². The highest BCUT2D eigenvalue weighted by molar-refractivity contribution is 6.34. The van der Waals surface area contributed by atoms with Crippen LogP contribution in [0.5, 0.6) is 5.75 Å². The van der Waals surface area contributed by atoms with Gasteiger partial charge in [-0.2, -0.15) is 0 Å². The second-order valence-corrected chi connectivity index (χ2v) is 10.2. The summed E-state index contributed by atoms with van der Waals surface area (Å²) in [5, 5.41) is 11.8. The summed E-state index contributed by atoms with van der Waals surface area (Å²) < 4.78 is 5.39. The van der Waals surface area contributed by atoms with Crippen molar-refractivity contribution in [2.24, 2.45) is 11.8 Å². The Hall–Kier alpha value is -2.78. The van der Waals surface area contributed by atoms with Crippen molar-refractivity contribution >= 4 is 40.1 Å². The van der Waals surface area contributed by atoms with Gasteiger partial charge < -0.3 is 9.84 Å². The van der Waals surface area contributed by atoms with E-state index in [4.69, 9.17) is 27.9 Å². The van der Waals surface area contributed by atoms with Gasteiger partial charge in [-0.1, -0.05) is 35.0 Å². The SMILES string of the molecule is COc1ccc2nccc(CCC[C@@H]3CCN(CC#Cc4cc(Cl)cc(Cl)c4)C[C@@H]3CC(=O)O)c2c1. The molecule has 0 saturated carbocycles. The Labute approximate surface area is 222 Å². The molecule has 4 rings (SSSR count). The van der Waals surface area contributed by atoms with E-state index < -0.39 is 5.97 Å². The summed E-state index contributed by atoms with van der Waals surface area (Å²) in [4.78, 5) is 18.3. The van der Waals surface area contributed by atoms with E-state index in [2.05, 4.69) is 27.8 Å². The largest absolute Gasteiger partial charge is 0.497 e. The van der Waals surface area contributed by atoms with Crippen LogP contribution in [0.1, 0.15) is 36.8 Å². The molecule has 2 heterocycles. The third-order valence-corrected chi connectivity index (χ3v) is 7.31. The van der Waals surface area contributed by atoms with Gasteiger partial charge in [-0.15, -0.1) is 0 Å². The van der Waals surface area contributed by atoms with Gasteiger partial charge in [0, 0.05) is 40.2 Å². The number of aryl methyl sites for hydroxylation is 1. The first-order chi connectivity index (χ1) is 17.4. The molecule has 3 aromatic rings. The van der Waals surface area contributed by atoms with E-state index in [0.717, 1.165) is 61.0 Å². The number of pyridine rings is 1. The Balaban J connectivity index is 1.35. The number of fused-ring (bicyclic) bond motifs is 1. The van der Waals surface area contributed by atoms with Crippen LogP contribution < -0.4 is 4.74 Å². The normalized spacial score (nSPS) is 18.0. The number of aliphatic carboxylic acids is 1. The molecule has 0 aliphatic carbocycles. The second-order valence-electron chi connectivity index (χ2n) is 9.35. The number of methoxy groups -OCH3 is 1. The van der Waals surface area contributed by atoms with E-state index in [9.17, 15) is 9.90 Å². The van der Waals surface area contributed by atoms with Crippen LogP contribution in [0.25, 0.3) is 10.9 Å². The summed E-state index contributed by atoms with van der Waals surface area (Å²) in [6.45, 7) is 2.26. The highest BCUT2D eigenvalue weighted by Gasteiger charge is 2.30. The van der Waals surface area contributed by atoms with Crippen molar-refractivity contribution in [3.05, 3.63) is 69.8 Å². The number of nitrogens with zero attached hydrogens (tertiary/aromatic N) is 2. The van der Waals surface area contributed by atoms with Crippen LogP contribution in [0.2, 0.25) is 10.0 Å². The number of likely N-dealkylation sites (tertiary alicyclic amines) is 1. The van der Waals surface area contributed by atoms with Gasteiger partial charge in [0.05, 0.1) is 19.2 Å². The van der Waals surface area contributed by atoms with Crippen LogP contribution in [-0.4, -0.2) is 47.7 Å². The molecule has 1 aromatic heterocycles. The van der Waals surface area contributed by atoms with Gasteiger partial charge >= 0.3 is 5.97 Å². The minimum atomic E-state index is -0.737. The smallest absolute Gasteiger partial charge is 0.303 e. The maximum Gasteiger partial charge on any atom is 0.303 e. The van der Waals surface area contributed by atoms with Gasteiger partial charge in [-0.3, -0.25) is 14.7 Å². The summed E-state index contributed by atoms with van der Waals surface area (Å²) in [5.74, 6) is 6.92. The van der Waals surface area contributed by atoms with Crippen molar-refractivity contribution in [1.82, 2.24) is 9.88 Å². The first-order valence-electron chi connectivity index (χ1n) is 12.2. The maximum atomic E-state index is 11.6.